The Labute approximate surface area is 183 Å². The van der Waals surface area contributed by atoms with Crippen LogP contribution in [0, 0.1) is 6.92 Å². The summed E-state index contributed by atoms with van der Waals surface area (Å²) in [5.41, 5.74) is 4.32. The van der Waals surface area contributed by atoms with E-state index in [4.69, 9.17) is 0 Å². The molecule has 0 N–H and O–H groups in total. The Bertz CT molecular complexity index is 1340. The molecule has 0 radical (unpaired) electrons. The van der Waals surface area contributed by atoms with Gasteiger partial charge < -0.3 is 0 Å². The molecule has 0 spiro atoms. The lowest BCUT2D eigenvalue weighted by Crippen LogP contribution is -2.29. The van der Waals surface area contributed by atoms with E-state index in [1.165, 1.54) is 21.9 Å². The van der Waals surface area contributed by atoms with Crippen molar-refractivity contribution >= 4 is 44.5 Å². The first kappa shape index (κ1) is 19.3. The number of nitrogens with zero attached hydrogens (tertiary/aromatic N) is 5. The van der Waals surface area contributed by atoms with Gasteiger partial charge in [-0.3, -0.25) is 4.79 Å². The van der Waals surface area contributed by atoms with Gasteiger partial charge in [0.2, 0.25) is 5.13 Å². The van der Waals surface area contributed by atoms with E-state index in [2.05, 4.69) is 20.3 Å². The summed E-state index contributed by atoms with van der Waals surface area (Å²) in [4.78, 5) is 17.6. The van der Waals surface area contributed by atoms with Crippen molar-refractivity contribution in [1.29, 1.82) is 0 Å². The van der Waals surface area contributed by atoms with Gasteiger partial charge in [0.05, 0.1) is 17.1 Å². The van der Waals surface area contributed by atoms with Gasteiger partial charge in [0.25, 0.3) is 5.91 Å². The van der Waals surface area contributed by atoms with Crippen molar-refractivity contribution in [2.45, 2.75) is 19.9 Å². The maximum absolute atomic E-state index is 13.0. The number of aryl methyl sites for hydroxylation is 1. The van der Waals surface area contributed by atoms with Gasteiger partial charge in [-0.05, 0) is 36.8 Å². The maximum atomic E-state index is 13.0. The number of fused-ring (bicyclic) bond motifs is 1. The van der Waals surface area contributed by atoms with Crippen molar-refractivity contribution in [1.82, 2.24) is 4.98 Å². The van der Waals surface area contributed by atoms with Crippen LogP contribution in [0.1, 0.15) is 12.5 Å². The van der Waals surface area contributed by atoms with Crippen LogP contribution in [0.4, 0.5) is 10.8 Å². The molecule has 7 heteroatoms. The van der Waals surface area contributed by atoms with Gasteiger partial charge in [-0.2, -0.15) is 20.3 Å². The lowest BCUT2D eigenvalue weighted by Gasteiger charge is -2.08. The number of hydrogen-bond donors (Lipinski definition) is 0. The van der Waals surface area contributed by atoms with Crippen molar-refractivity contribution in [3.63, 3.8) is 0 Å². The topological polar surface area (TPSA) is 70.3 Å². The van der Waals surface area contributed by atoms with E-state index in [9.17, 15) is 4.79 Å². The van der Waals surface area contributed by atoms with Crippen molar-refractivity contribution in [3.05, 3.63) is 77.7 Å². The standard InChI is InChI=1S/C24H19N5OS/c1-15-7-9-18(10-8-15)21-14-31-24(25-21)29-23(30)22(16(2)28-29)27-26-20-12-11-17-5-3-4-6-19(17)13-20/h3-14,22H,1-2H3/t22-/m0/s1. The Morgan fingerprint density at radius 1 is 0.968 bits per heavy atom. The molecule has 3 aromatic carbocycles. The summed E-state index contributed by atoms with van der Waals surface area (Å²) < 4.78 is 0. The highest BCUT2D eigenvalue weighted by atomic mass is 32.1. The molecule has 0 saturated carbocycles. The number of azo groups is 1. The minimum absolute atomic E-state index is 0.244. The molecule has 1 aliphatic rings. The van der Waals surface area contributed by atoms with Crippen LogP contribution in [0.25, 0.3) is 22.0 Å². The highest BCUT2D eigenvalue weighted by molar-refractivity contribution is 7.14. The van der Waals surface area contributed by atoms with Crippen molar-refractivity contribution in [3.8, 4) is 11.3 Å². The fourth-order valence-electron chi connectivity index (χ4n) is 3.41. The first-order valence-electron chi connectivity index (χ1n) is 9.90. The molecule has 0 unspecified atom stereocenters. The number of amides is 1. The van der Waals surface area contributed by atoms with Crippen molar-refractivity contribution < 1.29 is 4.79 Å². The smallest absolute Gasteiger partial charge is 0.269 e. The third-order valence-electron chi connectivity index (χ3n) is 5.14. The molecule has 1 atom stereocenters. The fraction of sp³-hybridized carbons (Fsp3) is 0.125. The number of aromatic nitrogens is 1. The van der Waals surface area contributed by atoms with Crippen LogP contribution in [0.3, 0.4) is 0 Å². The summed E-state index contributed by atoms with van der Waals surface area (Å²) >= 11 is 1.38. The molecule has 2 heterocycles. The van der Waals surface area contributed by atoms with E-state index >= 15 is 0 Å². The summed E-state index contributed by atoms with van der Waals surface area (Å²) in [7, 11) is 0. The summed E-state index contributed by atoms with van der Waals surface area (Å²) in [6, 6.07) is 21.3. The number of anilines is 1. The van der Waals surface area contributed by atoms with Gasteiger partial charge in [-0.15, -0.1) is 11.3 Å². The van der Waals surface area contributed by atoms with Crippen LogP contribution < -0.4 is 5.01 Å². The molecular weight excluding hydrogens is 406 g/mol. The van der Waals surface area contributed by atoms with E-state index in [1.54, 1.807) is 6.92 Å². The fourth-order valence-corrected chi connectivity index (χ4v) is 4.20. The minimum atomic E-state index is -0.738. The van der Waals surface area contributed by atoms with Crippen LogP contribution in [0.5, 0.6) is 0 Å². The van der Waals surface area contributed by atoms with Gasteiger partial charge in [0, 0.05) is 10.9 Å². The highest BCUT2D eigenvalue weighted by Gasteiger charge is 2.36. The number of carbonyl (C=O) groups excluding carboxylic acids is 1. The molecule has 31 heavy (non-hydrogen) atoms. The van der Waals surface area contributed by atoms with E-state index < -0.39 is 6.04 Å². The third kappa shape index (κ3) is 3.75. The largest absolute Gasteiger partial charge is 0.282 e. The molecular formula is C24H19N5OS. The Hall–Kier alpha value is -3.71. The Kier molecular flexibility index (Phi) is 4.88. The molecule has 0 bridgehead atoms. The van der Waals surface area contributed by atoms with Crippen LogP contribution in [-0.2, 0) is 4.79 Å². The number of hydrazone groups is 1. The number of thiazole rings is 1. The van der Waals surface area contributed by atoms with Crippen molar-refractivity contribution in [2.75, 3.05) is 5.01 Å². The quantitative estimate of drug-likeness (QED) is 0.368. The van der Waals surface area contributed by atoms with Gasteiger partial charge in [-0.1, -0.05) is 60.2 Å². The highest BCUT2D eigenvalue weighted by Crippen LogP contribution is 2.31. The number of rotatable bonds is 4. The lowest BCUT2D eigenvalue weighted by atomic mass is 10.1. The molecule has 6 nitrogen and oxygen atoms in total. The second-order valence-corrected chi connectivity index (χ2v) is 8.26. The van der Waals surface area contributed by atoms with Gasteiger partial charge in [-0.25, -0.2) is 4.98 Å². The monoisotopic (exact) mass is 425 g/mol. The van der Waals surface area contributed by atoms with Crippen LogP contribution >= 0.6 is 11.3 Å². The second kappa shape index (κ2) is 7.85. The molecule has 0 saturated heterocycles. The molecule has 1 aliphatic heterocycles. The van der Waals surface area contributed by atoms with Crippen LogP contribution in [0.2, 0.25) is 0 Å². The van der Waals surface area contributed by atoms with Gasteiger partial charge in [0.1, 0.15) is 0 Å². The van der Waals surface area contributed by atoms with E-state index in [0.29, 0.717) is 16.5 Å². The number of benzene rings is 3. The molecule has 152 valence electrons. The van der Waals surface area contributed by atoms with E-state index in [0.717, 1.165) is 22.0 Å². The Morgan fingerprint density at radius 2 is 1.74 bits per heavy atom. The Morgan fingerprint density at radius 3 is 2.55 bits per heavy atom. The lowest BCUT2D eigenvalue weighted by molar-refractivity contribution is -0.117. The summed E-state index contributed by atoms with van der Waals surface area (Å²) in [5.74, 6) is -0.244. The first-order valence-corrected chi connectivity index (χ1v) is 10.8. The van der Waals surface area contributed by atoms with Crippen LogP contribution in [0.15, 0.2) is 87.4 Å². The molecule has 0 aliphatic carbocycles. The van der Waals surface area contributed by atoms with E-state index in [1.807, 2.05) is 79.0 Å². The second-order valence-electron chi connectivity index (χ2n) is 7.42. The average Bonchev–Trinajstić information content (AvgIpc) is 3.37. The normalized spacial score (nSPS) is 16.5. The van der Waals surface area contributed by atoms with Crippen LogP contribution in [-0.4, -0.2) is 22.6 Å². The number of hydrogen-bond acceptors (Lipinski definition) is 6. The molecule has 4 aromatic rings. The number of carbonyl (C=O) groups is 1. The van der Waals surface area contributed by atoms with Gasteiger partial charge >= 0.3 is 0 Å². The van der Waals surface area contributed by atoms with E-state index in [-0.39, 0.29) is 5.91 Å². The van der Waals surface area contributed by atoms with Crippen molar-refractivity contribution in [2.24, 2.45) is 15.3 Å². The SMILES string of the molecule is CC1=NN(c2nc(-c3ccc(C)cc3)cs2)C(=O)[C@H]1N=Nc1ccc2ccccc2c1. The van der Waals surface area contributed by atoms with Gasteiger partial charge in [0.15, 0.2) is 6.04 Å². The first-order chi connectivity index (χ1) is 15.1. The maximum Gasteiger partial charge on any atom is 0.282 e. The predicted octanol–water partition coefficient (Wildman–Crippen LogP) is 6.15. The molecule has 1 aromatic heterocycles. The molecule has 0 fully saturated rings. The minimum Gasteiger partial charge on any atom is -0.269 e. The Balaban J connectivity index is 1.36. The summed E-state index contributed by atoms with van der Waals surface area (Å²) in [5, 5.41) is 19.0. The summed E-state index contributed by atoms with van der Waals surface area (Å²) in [6.07, 6.45) is 0. The zero-order valence-electron chi connectivity index (χ0n) is 17.1. The zero-order chi connectivity index (χ0) is 21.4. The summed E-state index contributed by atoms with van der Waals surface area (Å²) in [6.45, 7) is 3.83. The zero-order valence-corrected chi connectivity index (χ0v) is 17.9. The molecule has 5 rings (SSSR count). The molecule has 1 amide bonds. The third-order valence-corrected chi connectivity index (χ3v) is 5.95. The predicted molar refractivity (Wildman–Crippen MR) is 125 cm³/mol. The average molecular weight is 426 g/mol.